The summed E-state index contributed by atoms with van der Waals surface area (Å²) in [5.74, 6) is 0.574. The van der Waals surface area contributed by atoms with Gasteiger partial charge in [0.05, 0.1) is 13.2 Å². The second-order valence-electron chi connectivity index (χ2n) is 5.04. The number of sulfonamides is 1. The van der Waals surface area contributed by atoms with Gasteiger partial charge in [-0.15, -0.1) is 11.6 Å². The lowest BCUT2D eigenvalue weighted by atomic mass is 10.2. The molecule has 7 heteroatoms. The third-order valence-electron chi connectivity index (χ3n) is 3.56. The molecule has 1 unspecified atom stereocenters. The van der Waals surface area contributed by atoms with Crippen LogP contribution in [0.25, 0.3) is 0 Å². The number of hydrogen-bond acceptors (Lipinski definition) is 4. The van der Waals surface area contributed by atoms with Gasteiger partial charge in [0.1, 0.15) is 10.6 Å². The van der Waals surface area contributed by atoms with E-state index in [2.05, 4.69) is 0 Å². The van der Waals surface area contributed by atoms with Crippen LogP contribution < -0.4 is 4.74 Å². The molecule has 118 valence electrons. The maximum atomic E-state index is 12.7. The molecule has 2 rings (SSSR count). The van der Waals surface area contributed by atoms with Crippen molar-refractivity contribution in [1.29, 1.82) is 0 Å². The molecule has 21 heavy (non-hydrogen) atoms. The minimum Gasteiger partial charge on any atom is -0.495 e. The Morgan fingerprint density at radius 1 is 1.48 bits per heavy atom. The Hall–Kier alpha value is -0.820. The molecule has 1 aromatic carbocycles. The van der Waals surface area contributed by atoms with Crippen LogP contribution in [-0.2, 0) is 20.6 Å². The van der Waals surface area contributed by atoms with Gasteiger partial charge in [-0.05, 0) is 30.5 Å². The summed E-state index contributed by atoms with van der Waals surface area (Å²) >= 11 is 5.79. The topological polar surface area (TPSA) is 55.8 Å². The van der Waals surface area contributed by atoms with E-state index in [4.69, 9.17) is 21.1 Å². The van der Waals surface area contributed by atoms with E-state index in [-0.39, 0.29) is 16.9 Å². The van der Waals surface area contributed by atoms with E-state index >= 15 is 0 Å². The third-order valence-corrected chi connectivity index (χ3v) is 5.71. The zero-order chi connectivity index (χ0) is 15.5. The molecule has 1 aliphatic heterocycles. The van der Waals surface area contributed by atoms with Crippen molar-refractivity contribution in [2.45, 2.75) is 29.7 Å². The largest absolute Gasteiger partial charge is 0.495 e. The van der Waals surface area contributed by atoms with Crippen molar-refractivity contribution in [2.75, 3.05) is 27.3 Å². The smallest absolute Gasteiger partial charge is 0.246 e. The highest BCUT2D eigenvalue weighted by atomic mass is 35.5. The summed E-state index contributed by atoms with van der Waals surface area (Å²) in [5, 5.41) is 0. The summed E-state index contributed by atoms with van der Waals surface area (Å²) in [6.45, 7) is 1.04. The number of benzene rings is 1. The summed E-state index contributed by atoms with van der Waals surface area (Å²) < 4.78 is 37.4. The van der Waals surface area contributed by atoms with Gasteiger partial charge in [0.2, 0.25) is 10.0 Å². The summed E-state index contributed by atoms with van der Waals surface area (Å²) in [6, 6.07) is 4.95. The molecule has 1 aliphatic rings. The molecule has 0 radical (unpaired) electrons. The van der Waals surface area contributed by atoms with Gasteiger partial charge in [0.25, 0.3) is 0 Å². The molecule has 5 nitrogen and oxygen atoms in total. The Bertz CT molecular complexity index is 585. The first-order valence-corrected chi connectivity index (χ1v) is 8.77. The fourth-order valence-electron chi connectivity index (χ4n) is 2.35. The fraction of sp³-hybridized carbons (Fsp3) is 0.571. The van der Waals surface area contributed by atoms with Crippen molar-refractivity contribution in [1.82, 2.24) is 4.31 Å². The molecular weight excluding hydrogens is 314 g/mol. The van der Waals surface area contributed by atoms with Gasteiger partial charge in [0.15, 0.2) is 0 Å². The number of likely N-dealkylation sites (N-methyl/N-ethyl adjacent to an activating group) is 1. The molecule has 0 N–H and O–H groups in total. The van der Waals surface area contributed by atoms with E-state index in [0.717, 1.165) is 18.4 Å². The maximum Gasteiger partial charge on any atom is 0.246 e. The lowest BCUT2D eigenvalue weighted by Gasteiger charge is -2.22. The third kappa shape index (κ3) is 3.69. The Morgan fingerprint density at radius 2 is 2.24 bits per heavy atom. The van der Waals surface area contributed by atoms with Crippen molar-refractivity contribution in [2.24, 2.45) is 0 Å². The van der Waals surface area contributed by atoms with Crippen LogP contribution in [0.3, 0.4) is 0 Å². The van der Waals surface area contributed by atoms with Crippen molar-refractivity contribution in [3.8, 4) is 5.75 Å². The highest BCUT2D eigenvalue weighted by molar-refractivity contribution is 7.89. The normalized spacial score (nSPS) is 19.1. The van der Waals surface area contributed by atoms with Crippen molar-refractivity contribution in [3.63, 3.8) is 0 Å². The minimum atomic E-state index is -3.63. The molecule has 1 atom stereocenters. The van der Waals surface area contributed by atoms with Crippen LogP contribution in [0.1, 0.15) is 18.4 Å². The van der Waals surface area contributed by atoms with E-state index in [1.807, 2.05) is 0 Å². The van der Waals surface area contributed by atoms with Gasteiger partial charge in [-0.3, -0.25) is 0 Å². The highest BCUT2D eigenvalue weighted by Crippen LogP contribution is 2.28. The molecule has 0 aliphatic carbocycles. The van der Waals surface area contributed by atoms with Gasteiger partial charge in [-0.25, -0.2) is 8.42 Å². The number of ether oxygens (including phenoxy) is 2. The number of halogens is 1. The van der Waals surface area contributed by atoms with E-state index in [0.29, 0.717) is 18.9 Å². The van der Waals surface area contributed by atoms with Gasteiger partial charge in [-0.1, -0.05) is 6.07 Å². The standard InChI is InChI=1S/C14H20ClNO4S/c1-16(10-12-4-3-7-20-12)21(17,18)14-8-11(9-15)5-6-13(14)19-2/h5-6,8,12H,3-4,7,9-10H2,1-2H3. The van der Waals surface area contributed by atoms with Gasteiger partial charge in [-0.2, -0.15) is 4.31 Å². The highest BCUT2D eigenvalue weighted by Gasteiger charge is 2.28. The quantitative estimate of drug-likeness (QED) is 0.749. The van der Waals surface area contributed by atoms with Crippen LogP contribution >= 0.6 is 11.6 Å². The Balaban J connectivity index is 2.28. The molecule has 0 bridgehead atoms. The van der Waals surface area contributed by atoms with Crippen LogP contribution in [0.4, 0.5) is 0 Å². The number of hydrogen-bond donors (Lipinski definition) is 0. The first-order chi connectivity index (χ1) is 9.98. The lowest BCUT2D eigenvalue weighted by molar-refractivity contribution is 0.0978. The number of rotatable bonds is 6. The Morgan fingerprint density at radius 3 is 2.81 bits per heavy atom. The summed E-state index contributed by atoms with van der Waals surface area (Å²) in [4.78, 5) is 0.142. The van der Waals surface area contributed by atoms with Gasteiger partial charge in [0, 0.05) is 26.1 Å². The monoisotopic (exact) mass is 333 g/mol. The molecule has 1 saturated heterocycles. The average molecular weight is 334 g/mol. The van der Waals surface area contributed by atoms with Crippen molar-refractivity contribution in [3.05, 3.63) is 23.8 Å². The van der Waals surface area contributed by atoms with Crippen LogP contribution in [0.15, 0.2) is 23.1 Å². The summed E-state index contributed by atoms with van der Waals surface area (Å²) in [7, 11) is -0.620. The van der Waals surface area contributed by atoms with Crippen LogP contribution in [-0.4, -0.2) is 46.1 Å². The SMILES string of the molecule is COc1ccc(CCl)cc1S(=O)(=O)N(C)CC1CCCO1. The number of alkyl halides is 1. The molecule has 1 fully saturated rings. The van der Waals surface area contributed by atoms with Crippen LogP contribution in [0.5, 0.6) is 5.75 Å². The zero-order valence-electron chi connectivity index (χ0n) is 12.2. The second kappa shape index (κ2) is 6.96. The second-order valence-corrected chi connectivity index (χ2v) is 7.32. The van der Waals surface area contributed by atoms with Crippen LogP contribution in [0, 0.1) is 0 Å². The fourth-order valence-corrected chi connectivity index (χ4v) is 3.92. The Labute approximate surface area is 130 Å². The predicted octanol–water partition coefficient (Wildman–Crippen LogP) is 2.23. The predicted molar refractivity (Wildman–Crippen MR) is 81.3 cm³/mol. The van der Waals surface area contributed by atoms with E-state index in [9.17, 15) is 8.42 Å². The molecule has 1 heterocycles. The first kappa shape index (κ1) is 16.5. The van der Waals surface area contributed by atoms with Crippen LogP contribution in [0.2, 0.25) is 0 Å². The number of methoxy groups -OCH3 is 1. The molecule has 0 aromatic heterocycles. The summed E-state index contributed by atoms with van der Waals surface area (Å²) in [5.41, 5.74) is 0.738. The van der Waals surface area contributed by atoms with Gasteiger partial charge >= 0.3 is 0 Å². The van der Waals surface area contributed by atoms with E-state index in [1.54, 1.807) is 25.2 Å². The Kier molecular flexibility index (Phi) is 5.48. The number of nitrogens with zero attached hydrogens (tertiary/aromatic N) is 1. The van der Waals surface area contributed by atoms with Crippen molar-refractivity contribution >= 4 is 21.6 Å². The zero-order valence-corrected chi connectivity index (χ0v) is 13.8. The molecular formula is C14H20ClNO4S. The van der Waals surface area contributed by atoms with E-state index < -0.39 is 10.0 Å². The molecule has 0 spiro atoms. The van der Waals surface area contributed by atoms with Crippen molar-refractivity contribution < 1.29 is 17.9 Å². The first-order valence-electron chi connectivity index (χ1n) is 6.80. The summed E-state index contributed by atoms with van der Waals surface area (Å²) in [6.07, 6.45) is 1.83. The molecule has 0 amide bonds. The lowest BCUT2D eigenvalue weighted by Crippen LogP contribution is -2.34. The molecule has 0 saturated carbocycles. The van der Waals surface area contributed by atoms with E-state index in [1.165, 1.54) is 11.4 Å². The average Bonchev–Trinajstić information content (AvgIpc) is 2.99. The molecule has 1 aromatic rings. The van der Waals surface area contributed by atoms with Gasteiger partial charge < -0.3 is 9.47 Å². The minimum absolute atomic E-state index is 0.0352. The maximum absolute atomic E-state index is 12.7.